The Morgan fingerprint density at radius 2 is 2.00 bits per heavy atom. The highest BCUT2D eigenvalue weighted by molar-refractivity contribution is 7.09. The predicted molar refractivity (Wildman–Crippen MR) is 112 cm³/mol. The van der Waals surface area contributed by atoms with Crippen LogP contribution in [0.15, 0.2) is 46.8 Å². The van der Waals surface area contributed by atoms with E-state index in [4.69, 9.17) is 4.74 Å². The van der Waals surface area contributed by atoms with Gasteiger partial charge in [-0.15, -0.1) is 11.3 Å². The molecule has 1 aromatic carbocycles. The third-order valence-electron chi connectivity index (χ3n) is 3.98. The molecular formula is C20H28N4O2S. The molecule has 0 radical (unpaired) electrons. The fraction of sp³-hybridized carbons (Fsp3) is 0.400. The zero-order valence-corrected chi connectivity index (χ0v) is 17.0. The van der Waals surface area contributed by atoms with E-state index in [0.717, 1.165) is 31.2 Å². The molecule has 0 bridgehead atoms. The van der Waals surface area contributed by atoms with E-state index in [2.05, 4.69) is 38.0 Å². The number of methoxy groups -OCH3 is 1. The Bertz CT molecular complexity index is 714. The highest BCUT2D eigenvalue weighted by Crippen LogP contribution is 2.11. The molecule has 2 rings (SSSR count). The van der Waals surface area contributed by atoms with Crippen molar-refractivity contribution in [2.24, 2.45) is 4.99 Å². The van der Waals surface area contributed by atoms with E-state index < -0.39 is 0 Å². The first-order valence-electron chi connectivity index (χ1n) is 9.08. The average molecular weight is 389 g/mol. The topological polar surface area (TPSA) is 66.0 Å². The van der Waals surface area contributed by atoms with Gasteiger partial charge in [0.2, 0.25) is 0 Å². The Hall–Kier alpha value is -2.54. The van der Waals surface area contributed by atoms with E-state index in [1.54, 1.807) is 42.7 Å². The van der Waals surface area contributed by atoms with Gasteiger partial charge in [-0.2, -0.15) is 0 Å². The molecule has 27 heavy (non-hydrogen) atoms. The minimum Gasteiger partial charge on any atom is -0.497 e. The summed E-state index contributed by atoms with van der Waals surface area (Å²) in [4.78, 5) is 20.2. The maximum atomic E-state index is 12.2. The number of benzene rings is 1. The molecule has 0 aliphatic heterocycles. The van der Waals surface area contributed by atoms with E-state index in [-0.39, 0.29) is 5.91 Å². The third-order valence-corrected chi connectivity index (χ3v) is 4.92. The first-order chi connectivity index (χ1) is 13.1. The monoisotopic (exact) mass is 388 g/mol. The molecule has 0 unspecified atom stereocenters. The number of likely N-dealkylation sites (N-methyl/N-ethyl adjacent to an activating group) is 1. The maximum Gasteiger partial charge on any atom is 0.251 e. The van der Waals surface area contributed by atoms with Crippen molar-refractivity contribution in [3.63, 3.8) is 0 Å². The molecule has 0 aliphatic carbocycles. The molecule has 1 amide bonds. The number of carbonyl (C=O) groups is 1. The molecule has 146 valence electrons. The number of carbonyl (C=O) groups excluding carboxylic acids is 1. The number of aliphatic imine (C=N–C) groups is 1. The van der Waals surface area contributed by atoms with Crippen molar-refractivity contribution in [3.05, 3.63) is 52.2 Å². The minimum absolute atomic E-state index is 0.107. The summed E-state index contributed by atoms with van der Waals surface area (Å²) in [7, 11) is 3.64. The van der Waals surface area contributed by atoms with Gasteiger partial charge in [-0.1, -0.05) is 6.07 Å². The van der Waals surface area contributed by atoms with Crippen LogP contribution < -0.4 is 15.4 Å². The van der Waals surface area contributed by atoms with Gasteiger partial charge < -0.3 is 20.3 Å². The number of rotatable bonds is 9. The smallest absolute Gasteiger partial charge is 0.251 e. The zero-order valence-electron chi connectivity index (χ0n) is 16.2. The lowest BCUT2D eigenvalue weighted by Crippen LogP contribution is -2.40. The van der Waals surface area contributed by atoms with Gasteiger partial charge in [0.25, 0.3) is 5.91 Å². The molecule has 0 spiro atoms. The molecule has 0 fully saturated rings. The highest BCUT2D eigenvalue weighted by atomic mass is 32.1. The quantitative estimate of drug-likeness (QED) is 0.394. The number of hydrogen-bond acceptors (Lipinski definition) is 4. The molecule has 1 aromatic heterocycles. The molecule has 1 heterocycles. The highest BCUT2D eigenvalue weighted by Gasteiger charge is 2.07. The van der Waals surface area contributed by atoms with Crippen molar-refractivity contribution in [1.29, 1.82) is 0 Å². The summed E-state index contributed by atoms with van der Waals surface area (Å²) < 4.78 is 5.10. The fourth-order valence-electron chi connectivity index (χ4n) is 2.48. The van der Waals surface area contributed by atoms with Crippen LogP contribution in [0.25, 0.3) is 0 Å². The maximum absolute atomic E-state index is 12.2. The van der Waals surface area contributed by atoms with E-state index >= 15 is 0 Å². The second-order valence-electron chi connectivity index (χ2n) is 5.97. The summed E-state index contributed by atoms with van der Waals surface area (Å²) in [5.41, 5.74) is 0.611. The van der Waals surface area contributed by atoms with Gasteiger partial charge in [-0.25, -0.2) is 0 Å². The first-order valence-corrected chi connectivity index (χ1v) is 9.96. The van der Waals surface area contributed by atoms with Crippen LogP contribution in [0.5, 0.6) is 5.75 Å². The van der Waals surface area contributed by atoms with Crippen LogP contribution in [0.4, 0.5) is 0 Å². The van der Waals surface area contributed by atoms with E-state index in [1.165, 1.54) is 4.88 Å². The van der Waals surface area contributed by atoms with Gasteiger partial charge in [0.1, 0.15) is 5.75 Å². The van der Waals surface area contributed by atoms with E-state index in [0.29, 0.717) is 18.7 Å². The zero-order chi connectivity index (χ0) is 19.5. The van der Waals surface area contributed by atoms with Crippen LogP contribution in [0.3, 0.4) is 0 Å². The predicted octanol–water partition coefficient (Wildman–Crippen LogP) is 2.63. The van der Waals surface area contributed by atoms with Crippen LogP contribution in [0.2, 0.25) is 0 Å². The van der Waals surface area contributed by atoms with Gasteiger partial charge in [0.05, 0.1) is 13.7 Å². The lowest BCUT2D eigenvalue weighted by atomic mass is 10.2. The van der Waals surface area contributed by atoms with Crippen molar-refractivity contribution in [1.82, 2.24) is 15.5 Å². The molecule has 0 saturated heterocycles. The molecule has 7 heteroatoms. The summed E-state index contributed by atoms with van der Waals surface area (Å²) in [6, 6.07) is 11.3. The molecular weight excluding hydrogens is 360 g/mol. The van der Waals surface area contributed by atoms with Crippen LogP contribution in [-0.2, 0) is 6.42 Å². The normalized spacial score (nSPS) is 11.1. The molecule has 2 aromatic rings. The number of nitrogens with zero attached hydrogens (tertiary/aromatic N) is 2. The molecule has 0 saturated carbocycles. The Balaban J connectivity index is 1.80. The standard InChI is InChI=1S/C20H28N4O2S/c1-4-21-20(24(2)14-11-18-6-5-15-27-18)23-13-12-22-19(25)16-7-9-17(26-3)10-8-16/h5-10,15H,4,11-14H2,1-3H3,(H,21,23)(H,22,25). The Kier molecular flexibility index (Phi) is 8.64. The number of guanidine groups is 1. The summed E-state index contributed by atoms with van der Waals surface area (Å²) in [6.45, 7) is 4.76. The van der Waals surface area contributed by atoms with E-state index in [9.17, 15) is 4.79 Å². The molecule has 2 N–H and O–H groups in total. The van der Waals surface area contributed by atoms with Gasteiger partial charge in [-0.3, -0.25) is 9.79 Å². The minimum atomic E-state index is -0.107. The summed E-state index contributed by atoms with van der Waals surface area (Å²) >= 11 is 1.77. The first kappa shape index (κ1) is 20.8. The van der Waals surface area contributed by atoms with Crippen LogP contribution in [0.1, 0.15) is 22.2 Å². The van der Waals surface area contributed by atoms with Crippen molar-refractivity contribution in [2.45, 2.75) is 13.3 Å². The van der Waals surface area contributed by atoms with Gasteiger partial charge in [-0.05, 0) is 49.1 Å². The van der Waals surface area contributed by atoms with Crippen LogP contribution in [-0.4, -0.2) is 57.1 Å². The molecule has 0 atom stereocenters. The Morgan fingerprint density at radius 3 is 2.63 bits per heavy atom. The second kappa shape index (κ2) is 11.2. The van der Waals surface area contributed by atoms with Crippen molar-refractivity contribution in [2.75, 3.05) is 40.3 Å². The average Bonchev–Trinajstić information content (AvgIpc) is 3.22. The molecule has 0 aliphatic rings. The van der Waals surface area contributed by atoms with Crippen LogP contribution >= 0.6 is 11.3 Å². The molecule has 6 nitrogen and oxygen atoms in total. The number of nitrogens with one attached hydrogen (secondary N) is 2. The lowest BCUT2D eigenvalue weighted by Gasteiger charge is -2.21. The number of ether oxygens (including phenoxy) is 1. The second-order valence-corrected chi connectivity index (χ2v) is 7.00. The van der Waals surface area contributed by atoms with Gasteiger partial charge in [0, 0.05) is 37.1 Å². The van der Waals surface area contributed by atoms with Crippen LogP contribution in [0, 0.1) is 0 Å². The summed E-state index contributed by atoms with van der Waals surface area (Å²) in [5, 5.41) is 8.29. The fourth-order valence-corrected chi connectivity index (χ4v) is 3.18. The van der Waals surface area contributed by atoms with Crippen molar-refractivity contribution >= 4 is 23.2 Å². The van der Waals surface area contributed by atoms with Gasteiger partial charge >= 0.3 is 0 Å². The van der Waals surface area contributed by atoms with Crippen molar-refractivity contribution in [3.8, 4) is 5.75 Å². The lowest BCUT2D eigenvalue weighted by molar-refractivity contribution is 0.0954. The van der Waals surface area contributed by atoms with Crippen molar-refractivity contribution < 1.29 is 9.53 Å². The van der Waals surface area contributed by atoms with E-state index in [1.807, 2.05) is 14.0 Å². The Morgan fingerprint density at radius 1 is 1.22 bits per heavy atom. The third kappa shape index (κ3) is 6.94. The Labute approximate surface area is 165 Å². The number of thiophene rings is 1. The summed E-state index contributed by atoms with van der Waals surface area (Å²) in [6.07, 6.45) is 0.993. The van der Waals surface area contributed by atoms with Gasteiger partial charge in [0.15, 0.2) is 5.96 Å². The summed E-state index contributed by atoms with van der Waals surface area (Å²) in [5.74, 6) is 1.48. The largest absolute Gasteiger partial charge is 0.497 e. The number of hydrogen-bond donors (Lipinski definition) is 2. The SMILES string of the molecule is CCNC(=NCCNC(=O)c1ccc(OC)cc1)N(C)CCc1cccs1. The number of amides is 1.